The van der Waals surface area contributed by atoms with Gasteiger partial charge in [0.15, 0.2) is 0 Å². The first kappa shape index (κ1) is 15.8. The van der Waals surface area contributed by atoms with Gasteiger partial charge in [0, 0.05) is 19.6 Å². The molecule has 2 atom stereocenters. The molecule has 0 spiro atoms. The molecule has 1 saturated heterocycles. The van der Waals surface area contributed by atoms with Gasteiger partial charge in [0.25, 0.3) is 0 Å². The van der Waals surface area contributed by atoms with Crippen molar-refractivity contribution < 1.29 is 23.1 Å². The van der Waals surface area contributed by atoms with Crippen molar-refractivity contribution in [2.24, 2.45) is 11.8 Å². The Balaban J connectivity index is 2.14. The lowest BCUT2D eigenvalue weighted by Gasteiger charge is -2.18. The van der Waals surface area contributed by atoms with Crippen molar-refractivity contribution in [3.05, 3.63) is 34.9 Å². The van der Waals surface area contributed by atoms with Gasteiger partial charge in [-0.15, -0.1) is 0 Å². The lowest BCUT2D eigenvalue weighted by Crippen LogP contribution is -2.33. The molecule has 0 unspecified atom stereocenters. The van der Waals surface area contributed by atoms with Crippen molar-refractivity contribution in [3.8, 4) is 0 Å². The summed E-state index contributed by atoms with van der Waals surface area (Å²) >= 11 is 0. The summed E-state index contributed by atoms with van der Waals surface area (Å²) in [5.74, 6) is -4.54. The molecule has 1 fully saturated rings. The molecule has 0 aliphatic carbocycles. The number of nitrogens with zero attached hydrogens (tertiary/aromatic N) is 1. The summed E-state index contributed by atoms with van der Waals surface area (Å²) in [5.41, 5.74) is 3.01. The summed E-state index contributed by atoms with van der Waals surface area (Å²) in [4.78, 5) is 12.6. The number of carbonyl (C=O) groups is 1. The predicted molar refractivity (Wildman–Crippen MR) is 71.9 cm³/mol. The first-order chi connectivity index (χ1) is 9.66. The number of aryl methyl sites for hydroxylation is 2. The topological polar surface area (TPSA) is 40.5 Å². The van der Waals surface area contributed by atoms with E-state index in [1.54, 1.807) is 4.90 Å². The molecule has 0 saturated carbocycles. The summed E-state index contributed by atoms with van der Waals surface area (Å²) < 4.78 is 38.8. The Labute approximate surface area is 121 Å². The van der Waals surface area contributed by atoms with E-state index in [4.69, 9.17) is 5.11 Å². The minimum Gasteiger partial charge on any atom is -0.481 e. The van der Waals surface area contributed by atoms with E-state index in [0.717, 1.165) is 16.7 Å². The maximum atomic E-state index is 12.9. The number of likely N-dealkylation sites (tertiary alicyclic amines) is 1. The van der Waals surface area contributed by atoms with Crippen LogP contribution in [0.25, 0.3) is 0 Å². The smallest absolute Gasteiger partial charge is 0.393 e. The van der Waals surface area contributed by atoms with Crippen LogP contribution in [0.5, 0.6) is 0 Å². The van der Waals surface area contributed by atoms with Gasteiger partial charge in [-0.3, -0.25) is 9.69 Å². The SMILES string of the molecule is Cc1cc(C)cc(CN2C[C@@H](C(F)(F)F)[C@H](C(=O)O)C2)c1. The zero-order valence-electron chi connectivity index (χ0n) is 11.9. The van der Waals surface area contributed by atoms with E-state index in [9.17, 15) is 18.0 Å². The molecule has 1 heterocycles. The third kappa shape index (κ3) is 3.75. The normalized spacial score (nSPS) is 23.5. The highest BCUT2D eigenvalue weighted by Gasteiger charge is 2.52. The van der Waals surface area contributed by atoms with Crippen LogP contribution in [0.2, 0.25) is 0 Å². The molecular formula is C15H18F3NO2. The van der Waals surface area contributed by atoms with Crippen LogP contribution in [0.1, 0.15) is 16.7 Å². The van der Waals surface area contributed by atoms with Crippen LogP contribution in [0.4, 0.5) is 13.2 Å². The van der Waals surface area contributed by atoms with Gasteiger partial charge in [0.1, 0.15) is 0 Å². The van der Waals surface area contributed by atoms with E-state index in [1.807, 2.05) is 32.0 Å². The molecule has 0 radical (unpaired) electrons. The van der Waals surface area contributed by atoms with Crippen LogP contribution in [0, 0.1) is 25.7 Å². The molecule has 1 aromatic rings. The first-order valence-electron chi connectivity index (χ1n) is 6.76. The van der Waals surface area contributed by atoms with E-state index in [-0.39, 0.29) is 13.1 Å². The molecule has 116 valence electrons. The van der Waals surface area contributed by atoms with Gasteiger partial charge >= 0.3 is 12.1 Å². The second-order valence-corrected chi connectivity index (χ2v) is 5.78. The quantitative estimate of drug-likeness (QED) is 0.933. The number of hydrogen-bond acceptors (Lipinski definition) is 2. The molecule has 21 heavy (non-hydrogen) atoms. The van der Waals surface area contributed by atoms with Crippen molar-refractivity contribution in [3.63, 3.8) is 0 Å². The Morgan fingerprint density at radius 3 is 2.24 bits per heavy atom. The van der Waals surface area contributed by atoms with Crippen LogP contribution in [-0.4, -0.2) is 35.2 Å². The molecule has 0 amide bonds. The van der Waals surface area contributed by atoms with Gasteiger partial charge in [0.2, 0.25) is 0 Å². The number of carboxylic acids is 1. The van der Waals surface area contributed by atoms with Gasteiger partial charge in [0.05, 0.1) is 11.8 Å². The summed E-state index contributed by atoms with van der Waals surface area (Å²) in [6.07, 6.45) is -4.47. The summed E-state index contributed by atoms with van der Waals surface area (Å²) in [5, 5.41) is 8.99. The third-order valence-electron chi connectivity index (χ3n) is 3.82. The molecular weight excluding hydrogens is 283 g/mol. The van der Waals surface area contributed by atoms with Crippen molar-refractivity contribution in [1.82, 2.24) is 4.90 Å². The summed E-state index contributed by atoms with van der Waals surface area (Å²) in [6.45, 7) is 3.89. The van der Waals surface area contributed by atoms with Crippen LogP contribution >= 0.6 is 0 Å². The van der Waals surface area contributed by atoms with Gasteiger partial charge in [-0.2, -0.15) is 13.2 Å². The van der Waals surface area contributed by atoms with Crippen LogP contribution in [-0.2, 0) is 11.3 Å². The number of carboxylic acid groups (broad SMARTS) is 1. The van der Waals surface area contributed by atoms with Gasteiger partial charge in [-0.25, -0.2) is 0 Å². The molecule has 0 bridgehead atoms. The minimum atomic E-state index is -4.47. The molecule has 0 aromatic heterocycles. The highest BCUT2D eigenvalue weighted by atomic mass is 19.4. The van der Waals surface area contributed by atoms with Crippen LogP contribution < -0.4 is 0 Å². The zero-order chi connectivity index (χ0) is 15.8. The third-order valence-corrected chi connectivity index (χ3v) is 3.82. The van der Waals surface area contributed by atoms with Gasteiger partial charge in [-0.1, -0.05) is 29.3 Å². The summed E-state index contributed by atoms with van der Waals surface area (Å²) in [6, 6.07) is 5.83. The number of alkyl halides is 3. The van der Waals surface area contributed by atoms with E-state index >= 15 is 0 Å². The van der Waals surface area contributed by atoms with Crippen LogP contribution in [0.15, 0.2) is 18.2 Å². The fraction of sp³-hybridized carbons (Fsp3) is 0.533. The number of halogens is 3. The van der Waals surface area contributed by atoms with Crippen molar-refractivity contribution >= 4 is 5.97 Å². The zero-order valence-corrected chi connectivity index (χ0v) is 11.9. The number of benzene rings is 1. The largest absolute Gasteiger partial charge is 0.481 e. The van der Waals surface area contributed by atoms with Crippen LogP contribution in [0.3, 0.4) is 0 Å². The first-order valence-corrected chi connectivity index (χ1v) is 6.76. The van der Waals surface area contributed by atoms with Crippen molar-refractivity contribution in [2.45, 2.75) is 26.6 Å². The van der Waals surface area contributed by atoms with Gasteiger partial charge in [-0.05, 0) is 19.4 Å². The molecule has 1 aliphatic heterocycles. The van der Waals surface area contributed by atoms with E-state index < -0.39 is 24.0 Å². The average Bonchev–Trinajstić information content (AvgIpc) is 2.71. The minimum absolute atomic E-state index is 0.0630. The predicted octanol–water partition coefficient (Wildman–Crippen LogP) is 3.00. The Morgan fingerprint density at radius 2 is 1.81 bits per heavy atom. The van der Waals surface area contributed by atoms with E-state index in [0.29, 0.717) is 6.54 Å². The average molecular weight is 301 g/mol. The monoisotopic (exact) mass is 301 g/mol. The number of rotatable bonds is 3. The van der Waals surface area contributed by atoms with Crippen molar-refractivity contribution in [1.29, 1.82) is 0 Å². The molecule has 1 aromatic carbocycles. The van der Waals surface area contributed by atoms with Crippen molar-refractivity contribution in [2.75, 3.05) is 13.1 Å². The number of aliphatic carboxylic acids is 1. The Kier molecular flexibility index (Phi) is 4.27. The number of hydrogen-bond donors (Lipinski definition) is 1. The molecule has 6 heteroatoms. The second-order valence-electron chi connectivity index (χ2n) is 5.78. The molecule has 1 aliphatic rings. The lowest BCUT2D eigenvalue weighted by molar-refractivity contribution is -0.188. The Bertz CT molecular complexity index is 522. The fourth-order valence-electron chi connectivity index (χ4n) is 3.01. The Morgan fingerprint density at radius 1 is 1.24 bits per heavy atom. The maximum Gasteiger partial charge on any atom is 0.393 e. The van der Waals surface area contributed by atoms with E-state index in [1.165, 1.54) is 0 Å². The Hall–Kier alpha value is -1.56. The molecule has 2 rings (SSSR count). The fourth-order valence-corrected chi connectivity index (χ4v) is 3.01. The lowest BCUT2D eigenvalue weighted by atomic mass is 9.96. The molecule has 3 nitrogen and oxygen atoms in total. The second kappa shape index (κ2) is 5.67. The highest BCUT2D eigenvalue weighted by Crippen LogP contribution is 2.38. The van der Waals surface area contributed by atoms with Gasteiger partial charge < -0.3 is 5.11 Å². The molecule has 1 N–H and O–H groups in total. The van der Waals surface area contributed by atoms with E-state index in [2.05, 4.69) is 0 Å². The maximum absolute atomic E-state index is 12.9. The highest BCUT2D eigenvalue weighted by molar-refractivity contribution is 5.71. The standard InChI is InChI=1S/C15H18F3NO2/c1-9-3-10(2)5-11(4-9)6-19-7-12(14(20)21)13(8-19)15(16,17)18/h3-5,12-13H,6-8H2,1-2H3,(H,20,21)/t12-,13-/m1/s1. The summed E-state index contributed by atoms with van der Waals surface area (Å²) in [7, 11) is 0.